The maximum Gasteiger partial charge on any atom is 0.325 e. The molecule has 0 aromatic heterocycles. The number of carbonyl (C=O) groups excluding carboxylic acids is 2. The molecule has 8 heteroatoms. The number of carbonyl (C=O) groups is 2. The van der Waals surface area contributed by atoms with Crippen LogP contribution in [0, 0.1) is 0 Å². The fraction of sp³-hybridized carbons (Fsp3) is 0.100. The fourth-order valence-corrected chi connectivity index (χ4v) is 3.66. The van der Waals surface area contributed by atoms with Crippen LogP contribution in [0.4, 0.5) is 5.69 Å². The van der Waals surface area contributed by atoms with Crippen LogP contribution in [0.25, 0.3) is 10.8 Å². The molecule has 0 unspecified atom stereocenters. The van der Waals surface area contributed by atoms with Gasteiger partial charge in [0.25, 0.3) is 15.9 Å². The summed E-state index contributed by atoms with van der Waals surface area (Å²) >= 11 is 0. The molecule has 3 aromatic rings. The van der Waals surface area contributed by atoms with E-state index in [0.717, 1.165) is 10.8 Å². The van der Waals surface area contributed by atoms with E-state index in [2.05, 4.69) is 14.8 Å². The number of ether oxygens (including phenoxy) is 1. The Morgan fingerprint density at radius 2 is 1.61 bits per heavy atom. The molecule has 28 heavy (non-hydrogen) atoms. The van der Waals surface area contributed by atoms with Gasteiger partial charge in [0.15, 0.2) is 0 Å². The van der Waals surface area contributed by atoms with Crippen LogP contribution >= 0.6 is 0 Å². The highest BCUT2D eigenvalue weighted by atomic mass is 32.2. The topological polar surface area (TPSA) is 102 Å². The Balaban J connectivity index is 1.73. The van der Waals surface area contributed by atoms with E-state index >= 15 is 0 Å². The third-order valence-corrected chi connectivity index (χ3v) is 5.43. The van der Waals surface area contributed by atoms with Gasteiger partial charge in [0.2, 0.25) is 0 Å². The summed E-state index contributed by atoms with van der Waals surface area (Å²) in [5, 5.41) is 4.18. The van der Waals surface area contributed by atoms with Crippen molar-refractivity contribution in [2.75, 3.05) is 18.4 Å². The highest BCUT2D eigenvalue weighted by molar-refractivity contribution is 7.92. The third-order valence-electron chi connectivity index (χ3n) is 4.05. The first-order chi connectivity index (χ1) is 13.4. The minimum atomic E-state index is -3.77. The number of sulfonamides is 1. The van der Waals surface area contributed by atoms with Crippen molar-refractivity contribution >= 4 is 38.4 Å². The molecular weight excluding hydrogens is 380 g/mol. The van der Waals surface area contributed by atoms with Gasteiger partial charge >= 0.3 is 5.97 Å². The number of benzene rings is 3. The predicted molar refractivity (Wildman–Crippen MR) is 106 cm³/mol. The lowest BCUT2D eigenvalue weighted by Crippen LogP contribution is -2.30. The molecule has 0 atom stereocenters. The van der Waals surface area contributed by atoms with Crippen molar-refractivity contribution in [3.8, 4) is 0 Å². The lowest BCUT2D eigenvalue weighted by molar-refractivity contribution is -0.139. The standard InChI is InChI=1S/C20H18N2O5S/c1-27-19(23)13-21-20(24)15-6-9-17(10-7-15)22-28(25,26)18-11-8-14-4-2-3-5-16(14)12-18/h2-12,22H,13H2,1H3,(H,21,24). The van der Waals surface area contributed by atoms with Crippen LogP contribution in [-0.2, 0) is 19.6 Å². The van der Waals surface area contributed by atoms with Gasteiger partial charge in [-0.05, 0) is 47.2 Å². The second-order valence-corrected chi connectivity index (χ2v) is 7.63. The van der Waals surface area contributed by atoms with E-state index in [1.54, 1.807) is 18.2 Å². The minimum Gasteiger partial charge on any atom is -0.468 e. The first-order valence-electron chi connectivity index (χ1n) is 8.36. The van der Waals surface area contributed by atoms with E-state index in [1.165, 1.54) is 31.4 Å². The molecule has 0 fully saturated rings. The Morgan fingerprint density at radius 1 is 0.929 bits per heavy atom. The molecule has 0 bridgehead atoms. The van der Waals surface area contributed by atoms with Crippen LogP contribution in [0.5, 0.6) is 0 Å². The predicted octanol–water partition coefficient (Wildman–Crippen LogP) is 2.54. The van der Waals surface area contributed by atoms with Gasteiger partial charge in [-0.1, -0.05) is 30.3 Å². The van der Waals surface area contributed by atoms with E-state index in [9.17, 15) is 18.0 Å². The molecule has 0 aliphatic carbocycles. The van der Waals surface area contributed by atoms with E-state index < -0.39 is 21.9 Å². The Morgan fingerprint density at radius 3 is 2.29 bits per heavy atom. The second-order valence-electron chi connectivity index (χ2n) is 5.95. The van der Waals surface area contributed by atoms with Crippen molar-refractivity contribution in [3.05, 3.63) is 72.3 Å². The fourth-order valence-electron chi connectivity index (χ4n) is 2.56. The van der Waals surface area contributed by atoms with Crippen LogP contribution in [0.3, 0.4) is 0 Å². The van der Waals surface area contributed by atoms with Crippen molar-refractivity contribution in [1.82, 2.24) is 5.32 Å². The van der Waals surface area contributed by atoms with Crippen molar-refractivity contribution in [2.24, 2.45) is 0 Å². The summed E-state index contributed by atoms with van der Waals surface area (Å²) < 4.78 is 32.2. The molecular formula is C20H18N2O5S. The SMILES string of the molecule is COC(=O)CNC(=O)c1ccc(NS(=O)(=O)c2ccc3ccccc3c2)cc1. The minimum absolute atomic E-state index is 0.145. The smallest absolute Gasteiger partial charge is 0.325 e. The number of fused-ring (bicyclic) bond motifs is 1. The zero-order chi connectivity index (χ0) is 20.1. The first-order valence-corrected chi connectivity index (χ1v) is 9.84. The zero-order valence-electron chi connectivity index (χ0n) is 15.0. The van der Waals surface area contributed by atoms with Gasteiger partial charge in [-0.15, -0.1) is 0 Å². The molecule has 0 aliphatic heterocycles. The Hall–Kier alpha value is -3.39. The van der Waals surface area contributed by atoms with Gasteiger partial charge in [-0.2, -0.15) is 0 Å². The van der Waals surface area contributed by atoms with Gasteiger partial charge in [0, 0.05) is 11.3 Å². The maximum absolute atomic E-state index is 12.6. The molecule has 2 N–H and O–H groups in total. The molecule has 144 valence electrons. The van der Waals surface area contributed by atoms with Crippen LogP contribution < -0.4 is 10.0 Å². The van der Waals surface area contributed by atoms with Crippen LogP contribution in [0.15, 0.2) is 71.6 Å². The van der Waals surface area contributed by atoms with Crippen molar-refractivity contribution in [2.45, 2.75) is 4.90 Å². The molecule has 0 heterocycles. The van der Waals surface area contributed by atoms with Crippen molar-refractivity contribution < 1.29 is 22.7 Å². The van der Waals surface area contributed by atoms with Crippen LogP contribution in [0.2, 0.25) is 0 Å². The highest BCUT2D eigenvalue weighted by Crippen LogP contribution is 2.21. The number of hydrogen-bond acceptors (Lipinski definition) is 5. The molecule has 1 amide bonds. The molecule has 7 nitrogen and oxygen atoms in total. The van der Waals surface area contributed by atoms with Crippen LogP contribution in [0.1, 0.15) is 10.4 Å². The summed E-state index contributed by atoms with van der Waals surface area (Å²) in [5.41, 5.74) is 0.607. The summed E-state index contributed by atoms with van der Waals surface area (Å²) in [6.45, 7) is -0.244. The average Bonchev–Trinajstić information content (AvgIpc) is 2.71. The van der Waals surface area contributed by atoms with Gasteiger partial charge in [0.1, 0.15) is 6.54 Å². The van der Waals surface area contributed by atoms with Gasteiger partial charge in [-0.25, -0.2) is 8.42 Å². The number of amides is 1. The monoisotopic (exact) mass is 398 g/mol. The Kier molecular flexibility index (Phi) is 5.60. The normalized spacial score (nSPS) is 11.0. The lowest BCUT2D eigenvalue weighted by Gasteiger charge is -2.10. The molecule has 0 spiro atoms. The van der Waals surface area contributed by atoms with E-state index in [1.807, 2.05) is 24.3 Å². The Bertz CT molecular complexity index is 1120. The number of hydrogen-bond donors (Lipinski definition) is 2. The summed E-state index contributed by atoms with van der Waals surface area (Å²) in [5.74, 6) is -1.03. The zero-order valence-corrected chi connectivity index (χ0v) is 15.8. The molecule has 0 saturated carbocycles. The average molecular weight is 398 g/mol. The van der Waals surface area contributed by atoms with Gasteiger partial charge in [-0.3, -0.25) is 14.3 Å². The van der Waals surface area contributed by atoms with Crippen molar-refractivity contribution in [1.29, 1.82) is 0 Å². The number of rotatable bonds is 6. The number of esters is 1. The van der Waals surface area contributed by atoms with E-state index in [0.29, 0.717) is 5.69 Å². The number of methoxy groups -OCH3 is 1. The summed E-state index contributed by atoms with van der Waals surface area (Å²) in [7, 11) is -2.55. The molecule has 0 saturated heterocycles. The summed E-state index contributed by atoms with van der Waals surface area (Å²) in [6, 6.07) is 18.3. The molecule has 3 rings (SSSR count). The molecule has 0 radical (unpaired) electrons. The Labute approximate surface area is 162 Å². The highest BCUT2D eigenvalue weighted by Gasteiger charge is 2.15. The van der Waals surface area contributed by atoms with Crippen molar-refractivity contribution in [3.63, 3.8) is 0 Å². The summed E-state index contributed by atoms with van der Waals surface area (Å²) in [4.78, 5) is 23.2. The van der Waals surface area contributed by atoms with Gasteiger partial charge in [0.05, 0.1) is 12.0 Å². The number of nitrogens with one attached hydrogen (secondary N) is 2. The van der Waals surface area contributed by atoms with Crippen LogP contribution in [-0.4, -0.2) is 33.9 Å². The number of anilines is 1. The molecule has 0 aliphatic rings. The third kappa shape index (κ3) is 4.47. The lowest BCUT2D eigenvalue weighted by atomic mass is 10.1. The summed E-state index contributed by atoms with van der Waals surface area (Å²) in [6.07, 6.45) is 0. The quantitative estimate of drug-likeness (QED) is 0.622. The second kappa shape index (κ2) is 8.10. The largest absolute Gasteiger partial charge is 0.468 e. The van der Waals surface area contributed by atoms with E-state index in [-0.39, 0.29) is 17.0 Å². The maximum atomic E-state index is 12.6. The molecule has 3 aromatic carbocycles. The van der Waals surface area contributed by atoms with E-state index in [4.69, 9.17) is 0 Å². The van der Waals surface area contributed by atoms with Gasteiger partial charge < -0.3 is 10.1 Å². The first kappa shape index (κ1) is 19.4.